The smallest absolute Gasteiger partial charge is 0.321 e. The fourth-order valence-electron chi connectivity index (χ4n) is 1.52. The number of hydrogen-bond donors (Lipinski definition) is 2. The fourth-order valence-corrected chi connectivity index (χ4v) is 4.43. The van der Waals surface area contributed by atoms with E-state index in [0.717, 1.165) is 6.42 Å². The molecule has 1 amide bonds. The number of carbonyl (C=O) groups excluding carboxylic acids is 2. The van der Waals surface area contributed by atoms with Crippen LogP contribution in [0.5, 0.6) is 0 Å². The summed E-state index contributed by atoms with van der Waals surface area (Å²) >= 11 is 14.9. The molecule has 24 heavy (non-hydrogen) atoms. The molecule has 0 aliphatic carbocycles. The first-order chi connectivity index (χ1) is 11.2. The summed E-state index contributed by atoms with van der Waals surface area (Å²) in [5.41, 5.74) is 0. The van der Waals surface area contributed by atoms with Crippen LogP contribution in [0.2, 0.25) is 10.0 Å². The van der Waals surface area contributed by atoms with E-state index in [1.165, 1.54) is 12.1 Å². The summed E-state index contributed by atoms with van der Waals surface area (Å²) in [4.78, 5) is 22.5. The number of rotatable bonds is 8. The van der Waals surface area contributed by atoms with Crippen molar-refractivity contribution < 1.29 is 22.7 Å². The summed E-state index contributed by atoms with van der Waals surface area (Å²) in [5.74, 6) is -1.37. The molecule has 0 aliphatic heterocycles. The molecule has 1 aromatic carbocycles. The normalized spacial score (nSPS) is 11.2. The molecule has 0 aliphatic rings. The first-order valence-electron chi connectivity index (χ1n) is 6.74. The highest BCUT2D eigenvalue weighted by Gasteiger charge is 2.23. The molecule has 0 saturated heterocycles. The third-order valence-electron chi connectivity index (χ3n) is 2.57. The second kappa shape index (κ2) is 9.57. The molecule has 11 heteroatoms. The molecule has 1 aromatic rings. The zero-order valence-corrected chi connectivity index (χ0v) is 16.5. The van der Waals surface area contributed by atoms with E-state index in [1.807, 2.05) is 11.6 Å². The molecule has 0 unspecified atom stereocenters. The lowest BCUT2D eigenvalue weighted by molar-refractivity contribution is -0.147. The van der Waals surface area contributed by atoms with Gasteiger partial charge in [0.2, 0.25) is 10.0 Å². The van der Waals surface area contributed by atoms with Crippen molar-refractivity contribution in [3.8, 4) is 0 Å². The van der Waals surface area contributed by atoms with Crippen LogP contribution < -0.4 is 10.0 Å². The predicted octanol–water partition coefficient (Wildman–Crippen LogP) is 2.10. The van der Waals surface area contributed by atoms with Crippen LogP contribution in [-0.2, 0) is 24.3 Å². The highest BCUT2D eigenvalue weighted by atomic mass is 79.9. The largest absolute Gasteiger partial charge is 0.455 e. The van der Waals surface area contributed by atoms with Crippen molar-refractivity contribution in [3.63, 3.8) is 0 Å². The predicted molar refractivity (Wildman–Crippen MR) is 93.6 cm³/mol. The quantitative estimate of drug-likeness (QED) is 0.577. The third-order valence-corrected chi connectivity index (χ3v) is 5.35. The highest BCUT2D eigenvalue weighted by Crippen LogP contribution is 2.32. The van der Waals surface area contributed by atoms with Crippen LogP contribution in [0, 0.1) is 0 Å². The van der Waals surface area contributed by atoms with Crippen molar-refractivity contribution in [2.75, 3.05) is 19.7 Å². The van der Waals surface area contributed by atoms with E-state index in [2.05, 4.69) is 26.0 Å². The number of ether oxygens (including phenoxy) is 1. The summed E-state index contributed by atoms with van der Waals surface area (Å²) in [7, 11) is -4.12. The number of nitrogens with one attached hydrogen (secondary N) is 2. The van der Waals surface area contributed by atoms with Crippen LogP contribution in [0.15, 0.2) is 21.5 Å². The minimum Gasteiger partial charge on any atom is -0.455 e. The number of amides is 1. The van der Waals surface area contributed by atoms with Crippen LogP contribution in [0.1, 0.15) is 13.3 Å². The van der Waals surface area contributed by atoms with Gasteiger partial charge in [0, 0.05) is 11.0 Å². The molecule has 0 bridgehead atoms. The topological polar surface area (TPSA) is 102 Å². The molecular weight excluding hydrogens is 447 g/mol. The van der Waals surface area contributed by atoms with Crippen molar-refractivity contribution in [2.24, 2.45) is 0 Å². The second-order valence-corrected chi connectivity index (χ2v) is 7.97. The summed E-state index contributed by atoms with van der Waals surface area (Å²) < 4.78 is 31.6. The molecular formula is C13H15BrCl2N2O5S. The molecule has 0 aromatic heterocycles. The summed E-state index contributed by atoms with van der Waals surface area (Å²) in [6, 6.07) is 2.72. The Morgan fingerprint density at radius 2 is 1.83 bits per heavy atom. The first kappa shape index (κ1) is 21.2. The van der Waals surface area contributed by atoms with Crippen molar-refractivity contribution in [1.29, 1.82) is 0 Å². The van der Waals surface area contributed by atoms with Crippen molar-refractivity contribution in [3.05, 3.63) is 26.7 Å². The molecule has 0 saturated carbocycles. The number of sulfonamides is 1. The molecule has 1 rings (SSSR count). The summed E-state index contributed by atoms with van der Waals surface area (Å²) in [5, 5.41) is 2.31. The van der Waals surface area contributed by atoms with Gasteiger partial charge in [-0.25, -0.2) is 8.42 Å². The van der Waals surface area contributed by atoms with E-state index >= 15 is 0 Å². The lowest BCUT2D eigenvalue weighted by Crippen LogP contribution is -2.34. The van der Waals surface area contributed by atoms with Crippen LogP contribution in [0.3, 0.4) is 0 Å². The van der Waals surface area contributed by atoms with Gasteiger partial charge in [-0.2, -0.15) is 4.72 Å². The lowest BCUT2D eigenvalue weighted by Gasteiger charge is -2.10. The van der Waals surface area contributed by atoms with Crippen molar-refractivity contribution >= 4 is 61.0 Å². The molecule has 7 nitrogen and oxygen atoms in total. The minimum absolute atomic E-state index is 0.103. The number of esters is 1. The Kier molecular flexibility index (Phi) is 8.44. The van der Waals surface area contributed by atoms with Gasteiger partial charge >= 0.3 is 5.97 Å². The van der Waals surface area contributed by atoms with Crippen LogP contribution >= 0.6 is 39.1 Å². The summed E-state index contributed by atoms with van der Waals surface area (Å²) in [6.07, 6.45) is 0.744. The van der Waals surface area contributed by atoms with Crippen LogP contribution in [0.4, 0.5) is 0 Å². The lowest BCUT2D eigenvalue weighted by atomic mass is 10.4. The highest BCUT2D eigenvalue weighted by molar-refractivity contribution is 9.10. The number of benzene rings is 1. The van der Waals surface area contributed by atoms with Gasteiger partial charge in [-0.3, -0.25) is 9.59 Å². The molecule has 0 radical (unpaired) electrons. The minimum atomic E-state index is -4.12. The van der Waals surface area contributed by atoms with Crippen LogP contribution in [0.25, 0.3) is 0 Å². The molecule has 0 atom stereocenters. The Balaban J connectivity index is 2.63. The Labute approximate surface area is 158 Å². The van der Waals surface area contributed by atoms with Gasteiger partial charge in [-0.05, 0) is 18.6 Å². The van der Waals surface area contributed by atoms with E-state index in [0.29, 0.717) is 11.0 Å². The number of hydrogen-bond acceptors (Lipinski definition) is 5. The van der Waals surface area contributed by atoms with Gasteiger partial charge in [0.05, 0.1) is 10.0 Å². The standard InChI is InChI=1S/C13H15BrCl2N2O5S/c1-2-3-17-11(19)7-23-12(20)6-18-24(21,22)13-9(15)4-8(14)5-10(13)16/h4-5,18H,2-3,6-7H2,1H3,(H,17,19). The maximum Gasteiger partial charge on any atom is 0.321 e. The van der Waals surface area contributed by atoms with Crippen molar-refractivity contribution in [2.45, 2.75) is 18.2 Å². The van der Waals surface area contributed by atoms with Crippen molar-refractivity contribution in [1.82, 2.24) is 10.0 Å². The molecule has 134 valence electrons. The Morgan fingerprint density at radius 1 is 1.25 bits per heavy atom. The maximum absolute atomic E-state index is 12.2. The fraction of sp³-hybridized carbons (Fsp3) is 0.385. The van der Waals surface area contributed by atoms with Gasteiger partial charge in [0.25, 0.3) is 5.91 Å². The molecule has 2 N–H and O–H groups in total. The van der Waals surface area contributed by atoms with Gasteiger partial charge in [0.15, 0.2) is 6.61 Å². The Morgan fingerprint density at radius 3 is 2.38 bits per heavy atom. The molecule has 0 heterocycles. The molecule has 0 spiro atoms. The van der Waals surface area contributed by atoms with Gasteiger partial charge in [-0.1, -0.05) is 46.1 Å². The van der Waals surface area contributed by atoms with E-state index < -0.39 is 35.1 Å². The first-order valence-corrected chi connectivity index (χ1v) is 9.77. The monoisotopic (exact) mass is 460 g/mol. The zero-order valence-electron chi connectivity index (χ0n) is 12.6. The number of carbonyl (C=O) groups is 2. The SMILES string of the molecule is CCCNC(=O)COC(=O)CNS(=O)(=O)c1c(Cl)cc(Br)cc1Cl. The van der Waals surface area contributed by atoms with Gasteiger partial charge < -0.3 is 10.1 Å². The molecule has 0 fully saturated rings. The Hall–Kier alpha value is -0.870. The van der Waals surface area contributed by atoms with E-state index in [-0.39, 0.29) is 14.9 Å². The zero-order chi connectivity index (χ0) is 18.3. The Bertz CT molecular complexity index is 704. The van der Waals surface area contributed by atoms with Gasteiger partial charge in [0.1, 0.15) is 11.4 Å². The average molecular weight is 462 g/mol. The van der Waals surface area contributed by atoms with E-state index in [1.54, 1.807) is 0 Å². The maximum atomic E-state index is 12.2. The summed E-state index contributed by atoms with van der Waals surface area (Å²) in [6.45, 7) is 1.19. The van der Waals surface area contributed by atoms with E-state index in [9.17, 15) is 18.0 Å². The van der Waals surface area contributed by atoms with E-state index in [4.69, 9.17) is 23.2 Å². The number of halogens is 3. The third kappa shape index (κ3) is 6.56. The average Bonchev–Trinajstić information content (AvgIpc) is 2.47. The van der Waals surface area contributed by atoms with Gasteiger partial charge in [-0.15, -0.1) is 0 Å². The van der Waals surface area contributed by atoms with Crippen LogP contribution in [-0.4, -0.2) is 40.0 Å². The second-order valence-electron chi connectivity index (χ2n) is 4.53.